The maximum Gasteiger partial charge on any atom is 0.322 e. The number of likely N-dealkylation sites (N-methyl/N-ethyl adjacent to an activating group) is 1. The smallest absolute Gasteiger partial charge is 0.322 e. The summed E-state index contributed by atoms with van der Waals surface area (Å²) in [5, 5.41) is 33.1. The minimum atomic E-state index is -1.51. The third-order valence-electron chi connectivity index (χ3n) is 4.53. The van der Waals surface area contributed by atoms with Gasteiger partial charge in [-0.25, -0.2) is 4.79 Å². The van der Waals surface area contributed by atoms with E-state index in [0.29, 0.717) is 18.8 Å². The number of amides is 2. The first-order valence-electron chi connectivity index (χ1n) is 6.99. The summed E-state index contributed by atoms with van der Waals surface area (Å²) in [5.41, 5.74) is -1.99. The fraction of sp³-hybridized carbons (Fsp3) is 0.615. The third kappa shape index (κ3) is 2.06. The molecule has 3 heterocycles. The van der Waals surface area contributed by atoms with E-state index in [1.165, 1.54) is 4.90 Å². The van der Waals surface area contributed by atoms with Crippen molar-refractivity contribution in [2.24, 2.45) is 0 Å². The van der Waals surface area contributed by atoms with Crippen LogP contribution in [0.4, 0.5) is 4.79 Å². The van der Waals surface area contributed by atoms with Crippen molar-refractivity contribution < 1.29 is 15.0 Å². The minimum Gasteiger partial charge on any atom is -0.385 e. The second-order valence-electron chi connectivity index (χ2n) is 5.91. The first kappa shape index (κ1) is 14.2. The highest BCUT2D eigenvalue weighted by molar-refractivity contribution is 5.79. The topological polar surface area (TPSA) is 109 Å². The Morgan fingerprint density at radius 2 is 2.19 bits per heavy atom. The summed E-state index contributed by atoms with van der Waals surface area (Å²) in [6.45, 7) is 2.45. The van der Waals surface area contributed by atoms with Crippen molar-refractivity contribution in [2.75, 3.05) is 20.1 Å². The summed E-state index contributed by atoms with van der Waals surface area (Å²) in [6.07, 6.45) is 3.67. The Balaban J connectivity index is 1.98. The Morgan fingerprint density at radius 3 is 2.90 bits per heavy atom. The summed E-state index contributed by atoms with van der Waals surface area (Å²) >= 11 is 0. The van der Waals surface area contributed by atoms with Crippen LogP contribution in [0.5, 0.6) is 0 Å². The Bertz CT molecular complexity index is 530. The highest BCUT2D eigenvalue weighted by atomic mass is 16.4. The molecule has 116 valence electrons. The van der Waals surface area contributed by atoms with Crippen LogP contribution in [-0.4, -0.2) is 58.8 Å². The van der Waals surface area contributed by atoms with E-state index in [1.807, 2.05) is 6.08 Å². The van der Waals surface area contributed by atoms with Gasteiger partial charge < -0.3 is 31.1 Å². The number of nitrogens with one attached hydrogen (secondary N) is 4. The summed E-state index contributed by atoms with van der Waals surface area (Å²) < 4.78 is 0. The Labute approximate surface area is 122 Å². The van der Waals surface area contributed by atoms with E-state index in [9.17, 15) is 15.0 Å². The summed E-state index contributed by atoms with van der Waals surface area (Å²) in [4.78, 5) is 13.3. The molecule has 8 heteroatoms. The molecule has 0 aromatic carbocycles. The number of hydrogen-bond acceptors (Lipinski definition) is 6. The SMILES string of the molecule is CN(C1=C2C=CNC2NC(=O)N1)C1(O)CNCCC1(C)O. The van der Waals surface area contributed by atoms with Crippen LogP contribution >= 0.6 is 0 Å². The predicted molar refractivity (Wildman–Crippen MR) is 75.6 cm³/mol. The van der Waals surface area contributed by atoms with Gasteiger partial charge in [0.25, 0.3) is 0 Å². The van der Waals surface area contributed by atoms with E-state index in [2.05, 4.69) is 21.3 Å². The molecule has 3 atom stereocenters. The van der Waals surface area contributed by atoms with Gasteiger partial charge in [-0.05, 0) is 32.2 Å². The molecule has 3 rings (SSSR count). The lowest BCUT2D eigenvalue weighted by molar-refractivity contribution is -0.221. The van der Waals surface area contributed by atoms with Gasteiger partial charge in [0.15, 0.2) is 5.72 Å². The molecular weight excluding hydrogens is 274 g/mol. The van der Waals surface area contributed by atoms with Crippen LogP contribution in [-0.2, 0) is 0 Å². The maximum atomic E-state index is 11.8. The van der Waals surface area contributed by atoms with E-state index in [0.717, 1.165) is 5.57 Å². The Kier molecular flexibility index (Phi) is 3.12. The zero-order valence-corrected chi connectivity index (χ0v) is 12.1. The number of hydrogen-bond donors (Lipinski definition) is 6. The van der Waals surface area contributed by atoms with Crippen LogP contribution < -0.4 is 21.3 Å². The number of piperidine rings is 1. The van der Waals surface area contributed by atoms with Crippen LogP contribution in [0.25, 0.3) is 0 Å². The summed E-state index contributed by atoms with van der Waals surface area (Å²) in [5.74, 6) is 0.483. The average molecular weight is 295 g/mol. The van der Waals surface area contributed by atoms with Gasteiger partial charge in [0.2, 0.25) is 0 Å². The Morgan fingerprint density at radius 1 is 1.43 bits per heavy atom. The predicted octanol–water partition coefficient (Wildman–Crippen LogP) is -1.68. The first-order chi connectivity index (χ1) is 9.85. The molecule has 0 radical (unpaired) electrons. The number of nitrogens with zero attached hydrogens (tertiary/aromatic N) is 1. The molecule has 0 aliphatic carbocycles. The van der Waals surface area contributed by atoms with E-state index in [-0.39, 0.29) is 18.7 Å². The van der Waals surface area contributed by atoms with Crippen LogP contribution in [0.2, 0.25) is 0 Å². The van der Waals surface area contributed by atoms with E-state index < -0.39 is 11.3 Å². The fourth-order valence-electron chi connectivity index (χ4n) is 3.03. The number of fused-ring (bicyclic) bond motifs is 1. The van der Waals surface area contributed by atoms with Gasteiger partial charge in [0.1, 0.15) is 17.6 Å². The normalized spacial score (nSPS) is 38.5. The molecule has 3 aliphatic heterocycles. The standard InChI is InChI=1S/C13H21N5O3/c1-12(20)4-6-14-7-13(12,21)18(2)10-8-3-5-15-9(8)16-11(19)17-10/h3,5,9,14-15,20-21H,4,6-7H2,1-2H3,(H2,16,17,19). The molecule has 2 amide bonds. The van der Waals surface area contributed by atoms with E-state index >= 15 is 0 Å². The number of β-amino-alcohol motifs (C(OH)–C–C–N with tert-alkyl or cyclic N) is 1. The highest BCUT2D eigenvalue weighted by Crippen LogP contribution is 2.34. The van der Waals surface area contributed by atoms with Crippen molar-refractivity contribution in [1.82, 2.24) is 26.2 Å². The molecular formula is C13H21N5O3. The second kappa shape index (κ2) is 4.62. The molecule has 0 saturated carbocycles. The molecule has 0 aromatic heterocycles. The molecule has 1 saturated heterocycles. The van der Waals surface area contributed by atoms with Gasteiger partial charge in [-0.2, -0.15) is 0 Å². The molecule has 3 aliphatic rings. The van der Waals surface area contributed by atoms with Gasteiger partial charge in [-0.15, -0.1) is 0 Å². The van der Waals surface area contributed by atoms with E-state index in [1.54, 1.807) is 20.2 Å². The summed E-state index contributed by atoms with van der Waals surface area (Å²) in [7, 11) is 1.67. The lowest BCUT2D eigenvalue weighted by Gasteiger charge is -2.51. The van der Waals surface area contributed by atoms with Crippen molar-refractivity contribution in [3.05, 3.63) is 23.7 Å². The lowest BCUT2D eigenvalue weighted by Crippen LogP contribution is -2.71. The van der Waals surface area contributed by atoms with Crippen LogP contribution in [0.1, 0.15) is 13.3 Å². The van der Waals surface area contributed by atoms with Gasteiger partial charge in [-0.1, -0.05) is 0 Å². The van der Waals surface area contributed by atoms with Crippen molar-refractivity contribution in [2.45, 2.75) is 30.8 Å². The van der Waals surface area contributed by atoms with Crippen molar-refractivity contribution in [1.29, 1.82) is 0 Å². The molecule has 0 bridgehead atoms. The summed E-state index contributed by atoms with van der Waals surface area (Å²) in [6, 6.07) is -0.353. The minimum absolute atomic E-state index is 0.207. The fourth-order valence-corrected chi connectivity index (χ4v) is 3.03. The van der Waals surface area contributed by atoms with Gasteiger partial charge in [-0.3, -0.25) is 5.32 Å². The van der Waals surface area contributed by atoms with Crippen molar-refractivity contribution in [3.63, 3.8) is 0 Å². The number of aliphatic hydroxyl groups is 2. The second-order valence-corrected chi connectivity index (χ2v) is 5.91. The average Bonchev–Trinajstić information content (AvgIpc) is 2.88. The van der Waals surface area contributed by atoms with Gasteiger partial charge >= 0.3 is 6.03 Å². The third-order valence-corrected chi connectivity index (χ3v) is 4.53. The molecule has 21 heavy (non-hydrogen) atoms. The molecule has 6 N–H and O–H groups in total. The highest BCUT2D eigenvalue weighted by Gasteiger charge is 2.52. The zero-order valence-electron chi connectivity index (χ0n) is 12.1. The van der Waals surface area contributed by atoms with Crippen LogP contribution in [0, 0.1) is 0 Å². The molecule has 8 nitrogen and oxygen atoms in total. The zero-order chi connectivity index (χ0) is 15.3. The number of rotatable bonds is 2. The molecule has 3 unspecified atom stereocenters. The lowest BCUT2D eigenvalue weighted by atomic mass is 9.84. The molecule has 1 fully saturated rings. The van der Waals surface area contributed by atoms with Crippen LogP contribution in [0.15, 0.2) is 23.7 Å². The van der Waals surface area contributed by atoms with Gasteiger partial charge in [0.05, 0.1) is 0 Å². The maximum absolute atomic E-state index is 11.8. The molecule has 0 aromatic rings. The molecule has 0 spiro atoms. The Hall–Kier alpha value is -1.77. The quantitative estimate of drug-likeness (QED) is 0.340. The number of urea groups is 1. The monoisotopic (exact) mass is 295 g/mol. The van der Waals surface area contributed by atoms with Crippen molar-refractivity contribution in [3.8, 4) is 0 Å². The largest absolute Gasteiger partial charge is 0.385 e. The number of carbonyl (C=O) groups is 1. The van der Waals surface area contributed by atoms with Gasteiger partial charge in [0, 0.05) is 19.2 Å². The first-order valence-corrected chi connectivity index (χ1v) is 6.99. The van der Waals surface area contributed by atoms with Crippen LogP contribution in [0.3, 0.4) is 0 Å². The number of carbonyl (C=O) groups excluding carboxylic acids is 1. The van der Waals surface area contributed by atoms with E-state index in [4.69, 9.17) is 0 Å². The van der Waals surface area contributed by atoms with Crippen molar-refractivity contribution >= 4 is 6.03 Å².